The number of ketones is 1. The highest BCUT2D eigenvalue weighted by Gasteiger charge is 2.12. The number of aromatic nitrogens is 3. The van der Waals surface area contributed by atoms with Crippen LogP contribution in [-0.2, 0) is 0 Å². The SMILES string of the molecule is CC(=O)c1cc(C)c2c(N)ncnn12. The van der Waals surface area contributed by atoms with Gasteiger partial charge in [-0.2, -0.15) is 5.10 Å². The average molecular weight is 190 g/mol. The van der Waals surface area contributed by atoms with E-state index in [-0.39, 0.29) is 5.78 Å². The first-order valence-electron chi connectivity index (χ1n) is 4.21. The lowest BCUT2D eigenvalue weighted by atomic mass is 10.2. The molecular weight excluding hydrogens is 180 g/mol. The number of anilines is 1. The third-order valence-corrected chi connectivity index (χ3v) is 2.13. The van der Waals surface area contributed by atoms with Crippen LogP contribution in [0.3, 0.4) is 0 Å². The number of fused-ring (bicyclic) bond motifs is 1. The van der Waals surface area contributed by atoms with E-state index >= 15 is 0 Å². The molecule has 0 aliphatic carbocycles. The second-order valence-corrected chi connectivity index (χ2v) is 3.17. The van der Waals surface area contributed by atoms with Gasteiger partial charge in [0.1, 0.15) is 17.5 Å². The molecule has 2 rings (SSSR count). The van der Waals surface area contributed by atoms with Crippen LogP contribution in [0.5, 0.6) is 0 Å². The molecule has 0 radical (unpaired) electrons. The first-order chi connectivity index (χ1) is 6.61. The zero-order valence-electron chi connectivity index (χ0n) is 7.98. The molecule has 2 heterocycles. The molecule has 0 aliphatic rings. The van der Waals surface area contributed by atoms with Gasteiger partial charge in [-0.05, 0) is 18.6 Å². The first kappa shape index (κ1) is 8.68. The molecule has 5 heteroatoms. The van der Waals surface area contributed by atoms with Crippen molar-refractivity contribution in [2.75, 3.05) is 5.73 Å². The van der Waals surface area contributed by atoms with E-state index in [0.29, 0.717) is 17.0 Å². The van der Waals surface area contributed by atoms with Gasteiger partial charge in [-0.25, -0.2) is 9.50 Å². The molecule has 0 saturated carbocycles. The van der Waals surface area contributed by atoms with Crippen LogP contribution < -0.4 is 5.73 Å². The van der Waals surface area contributed by atoms with Gasteiger partial charge in [0.25, 0.3) is 0 Å². The number of hydrogen-bond donors (Lipinski definition) is 1. The van der Waals surface area contributed by atoms with Gasteiger partial charge in [0, 0.05) is 6.92 Å². The zero-order chi connectivity index (χ0) is 10.3. The van der Waals surface area contributed by atoms with Crippen LogP contribution >= 0.6 is 0 Å². The summed E-state index contributed by atoms with van der Waals surface area (Å²) in [5, 5.41) is 3.99. The van der Waals surface area contributed by atoms with Crippen molar-refractivity contribution in [1.29, 1.82) is 0 Å². The molecule has 0 saturated heterocycles. The summed E-state index contributed by atoms with van der Waals surface area (Å²) in [6, 6.07) is 1.77. The molecular formula is C9H10N4O. The van der Waals surface area contributed by atoms with Gasteiger partial charge in [-0.15, -0.1) is 0 Å². The lowest BCUT2D eigenvalue weighted by Gasteiger charge is -1.99. The Morgan fingerprint density at radius 1 is 1.57 bits per heavy atom. The molecule has 2 aromatic heterocycles. The Bertz CT molecular complexity index is 515. The summed E-state index contributed by atoms with van der Waals surface area (Å²) in [6.07, 6.45) is 1.34. The van der Waals surface area contributed by atoms with E-state index in [0.717, 1.165) is 5.56 Å². The Balaban J connectivity index is 2.91. The van der Waals surface area contributed by atoms with Crippen molar-refractivity contribution in [3.8, 4) is 0 Å². The van der Waals surface area contributed by atoms with Gasteiger partial charge < -0.3 is 5.73 Å². The van der Waals surface area contributed by atoms with E-state index in [9.17, 15) is 4.79 Å². The van der Waals surface area contributed by atoms with Crippen LogP contribution in [-0.4, -0.2) is 20.4 Å². The van der Waals surface area contributed by atoms with Crippen molar-refractivity contribution in [1.82, 2.24) is 14.6 Å². The van der Waals surface area contributed by atoms with Crippen molar-refractivity contribution >= 4 is 17.1 Å². The van der Waals surface area contributed by atoms with Crippen molar-refractivity contribution in [2.45, 2.75) is 13.8 Å². The minimum Gasteiger partial charge on any atom is -0.382 e. The number of nitrogen functional groups attached to an aromatic ring is 1. The smallest absolute Gasteiger partial charge is 0.178 e. The van der Waals surface area contributed by atoms with Crippen LogP contribution in [0.4, 0.5) is 5.82 Å². The summed E-state index contributed by atoms with van der Waals surface area (Å²) in [6.45, 7) is 3.38. The number of nitrogens with zero attached hydrogens (tertiary/aromatic N) is 3. The van der Waals surface area contributed by atoms with Gasteiger partial charge in [0.05, 0.1) is 0 Å². The summed E-state index contributed by atoms with van der Waals surface area (Å²) in [5.41, 5.74) is 7.84. The lowest BCUT2D eigenvalue weighted by molar-refractivity contribution is 0.101. The summed E-state index contributed by atoms with van der Waals surface area (Å²) in [5.74, 6) is 0.358. The maximum absolute atomic E-state index is 11.3. The highest BCUT2D eigenvalue weighted by Crippen LogP contribution is 2.18. The fraction of sp³-hybridized carbons (Fsp3) is 0.222. The monoisotopic (exact) mass is 190 g/mol. The molecule has 0 fully saturated rings. The normalized spacial score (nSPS) is 10.7. The van der Waals surface area contributed by atoms with E-state index in [1.807, 2.05) is 6.92 Å². The lowest BCUT2D eigenvalue weighted by Crippen LogP contribution is -2.04. The fourth-order valence-corrected chi connectivity index (χ4v) is 1.50. The van der Waals surface area contributed by atoms with E-state index in [2.05, 4.69) is 10.1 Å². The second kappa shape index (κ2) is 2.80. The van der Waals surface area contributed by atoms with Crippen LogP contribution in [0.1, 0.15) is 23.0 Å². The third-order valence-electron chi connectivity index (χ3n) is 2.13. The molecule has 0 unspecified atom stereocenters. The fourth-order valence-electron chi connectivity index (χ4n) is 1.50. The predicted molar refractivity (Wildman–Crippen MR) is 52.1 cm³/mol. The molecule has 0 bridgehead atoms. The first-order valence-corrected chi connectivity index (χ1v) is 4.21. The summed E-state index contributed by atoms with van der Waals surface area (Å²) in [7, 11) is 0. The molecule has 2 N–H and O–H groups in total. The minimum atomic E-state index is -0.0359. The Hall–Kier alpha value is -1.91. The van der Waals surface area contributed by atoms with E-state index in [1.165, 1.54) is 17.8 Å². The standard InChI is InChI=1S/C9H10N4O/c1-5-3-7(6(2)14)13-8(5)9(10)11-4-12-13/h3-4H,1-2H3,(H2,10,11,12). The Labute approximate surface area is 80.6 Å². The molecule has 14 heavy (non-hydrogen) atoms. The van der Waals surface area contributed by atoms with E-state index in [1.54, 1.807) is 6.07 Å². The van der Waals surface area contributed by atoms with Gasteiger partial charge in [-0.3, -0.25) is 4.79 Å². The molecule has 5 nitrogen and oxygen atoms in total. The second-order valence-electron chi connectivity index (χ2n) is 3.17. The molecule has 0 aromatic carbocycles. The zero-order valence-corrected chi connectivity index (χ0v) is 7.98. The van der Waals surface area contributed by atoms with E-state index in [4.69, 9.17) is 5.73 Å². The maximum atomic E-state index is 11.3. The van der Waals surface area contributed by atoms with Gasteiger partial charge in [-0.1, -0.05) is 0 Å². The minimum absolute atomic E-state index is 0.0359. The average Bonchev–Trinajstić information content (AvgIpc) is 2.45. The summed E-state index contributed by atoms with van der Waals surface area (Å²) < 4.78 is 1.53. The quantitative estimate of drug-likeness (QED) is 0.676. The van der Waals surface area contributed by atoms with Crippen LogP contribution in [0.25, 0.3) is 5.52 Å². The maximum Gasteiger partial charge on any atom is 0.178 e. The van der Waals surface area contributed by atoms with Crippen LogP contribution in [0.15, 0.2) is 12.4 Å². The number of carbonyl (C=O) groups is 1. The molecule has 2 aromatic rings. The third kappa shape index (κ3) is 1.06. The molecule has 72 valence electrons. The topological polar surface area (TPSA) is 73.3 Å². The van der Waals surface area contributed by atoms with Gasteiger partial charge in [0.15, 0.2) is 11.6 Å². The number of Topliss-reactive ketones (excluding diaryl/α,β-unsaturated/α-hetero) is 1. The largest absolute Gasteiger partial charge is 0.382 e. The number of rotatable bonds is 1. The predicted octanol–water partition coefficient (Wildman–Crippen LogP) is 0.823. The van der Waals surface area contributed by atoms with Crippen molar-refractivity contribution < 1.29 is 4.79 Å². The summed E-state index contributed by atoms with van der Waals surface area (Å²) in [4.78, 5) is 15.1. The summed E-state index contributed by atoms with van der Waals surface area (Å²) >= 11 is 0. The van der Waals surface area contributed by atoms with E-state index < -0.39 is 0 Å². The molecule has 0 spiro atoms. The van der Waals surface area contributed by atoms with Crippen LogP contribution in [0, 0.1) is 6.92 Å². The number of carbonyl (C=O) groups excluding carboxylic acids is 1. The number of hydrogen-bond acceptors (Lipinski definition) is 4. The Morgan fingerprint density at radius 3 is 2.93 bits per heavy atom. The van der Waals surface area contributed by atoms with Gasteiger partial charge in [0.2, 0.25) is 0 Å². The highest BCUT2D eigenvalue weighted by atomic mass is 16.1. The van der Waals surface area contributed by atoms with Crippen molar-refractivity contribution in [3.05, 3.63) is 23.7 Å². The van der Waals surface area contributed by atoms with Crippen LogP contribution in [0.2, 0.25) is 0 Å². The number of nitrogens with two attached hydrogens (primary N) is 1. The molecule has 0 amide bonds. The van der Waals surface area contributed by atoms with Gasteiger partial charge >= 0.3 is 0 Å². The molecule has 0 aliphatic heterocycles. The Morgan fingerprint density at radius 2 is 2.29 bits per heavy atom. The highest BCUT2D eigenvalue weighted by molar-refractivity contribution is 5.95. The molecule has 0 atom stereocenters. The number of aryl methyl sites for hydroxylation is 1. The van der Waals surface area contributed by atoms with Crippen molar-refractivity contribution in [2.24, 2.45) is 0 Å². The van der Waals surface area contributed by atoms with Crippen molar-refractivity contribution in [3.63, 3.8) is 0 Å². The Kier molecular flexibility index (Phi) is 1.73.